The van der Waals surface area contributed by atoms with Crippen LogP contribution in [0.4, 0.5) is 13.6 Å². The van der Waals surface area contributed by atoms with Crippen LogP contribution in [0.5, 0.6) is 0 Å². The Bertz CT molecular complexity index is 571. The van der Waals surface area contributed by atoms with E-state index in [0.717, 1.165) is 44.1 Å². The van der Waals surface area contributed by atoms with Crippen molar-refractivity contribution in [2.45, 2.75) is 12.8 Å². The highest BCUT2D eigenvalue weighted by Crippen LogP contribution is 2.17. The summed E-state index contributed by atoms with van der Waals surface area (Å²) < 4.78 is 26.8. The topological polar surface area (TPSA) is 44.4 Å². The lowest BCUT2D eigenvalue weighted by molar-refractivity contribution is 0.195. The summed E-state index contributed by atoms with van der Waals surface area (Å²) in [5.41, 5.74) is 0.428. The molecule has 2 N–H and O–H groups in total. The maximum absolute atomic E-state index is 13.7. The first-order chi connectivity index (χ1) is 11.0. The molecular formula is C17H23F2N3O. The van der Waals surface area contributed by atoms with Gasteiger partial charge in [-0.2, -0.15) is 0 Å². The highest BCUT2D eigenvalue weighted by atomic mass is 19.1. The molecule has 1 saturated heterocycles. The molecule has 0 saturated carbocycles. The van der Waals surface area contributed by atoms with Gasteiger partial charge in [-0.25, -0.2) is 13.6 Å². The molecule has 23 heavy (non-hydrogen) atoms. The molecule has 4 nitrogen and oxygen atoms in total. The zero-order valence-corrected chi connectivity index (χ0v) is 13.4. The Morgan fingerprint density at radius 3 is 2.78 bits per heavy atom. The third kappa shape index (κ3) is 5.03. The van der Waals surface area contributed by atoms with Gasteiger partial charge in [-0.3, -0.25) is 0 Å². The monoisotopic (exact) mass is 323 g/mol. The Hall–Kier alpha value is -1.95. The molecule has 0 spiro atoms. The lowest BCUT2D eigenvalue weighted by atomic mass is 9.98. The molecule has 0 aromatic heterocycles. The van der Waals surface area contributed by atoms with Crippen LogP contribution in [0, 0.1) is 17.6 Å². The molecule has 1 fully saturated rings. The van der Waals surface area contributed by atoms with E-state index in [1.165, 1.54) is 0 Å². The van der Waals surface area contributed by atoms with Crippen LogP contribution in [0.15, 0.2) is 24.8 Å². The zero-order chi connectivity index (χ0) is 16.8. The Morgan fingerprint density at radius 2 is 2.09 bits per heavy atom. The van der Waals surface area contributed by atoms with Crippen molar-refractivity contribution in [3.63, 3.8) is 0 Å². The molecule has 0 atom stereocenters. The Labute approximate surface area is 135 Å². The molecule has 126 valence electrons. The van der Waals surface area contributed by atoms with Crippen molar-refractivity contribution < 1.29 is 13.6 Å². The number of nitrogens with one attached hydrogen (secondary N) is 2. The summed E-state index contributed by atoms with van der Waals surface area (Å²) in [6, 6.07) is 2.96. The van der Waals surface area contributed by atoms with Gasteiger partial charge in [0.05, 0.1) is 0 Å². The van der Waals surface area contributed by atoms with Gasteiger partial charge in [0, 0.05) is 25.7 Å². The van der Waals surface area contributed by atoms with E-state index in [9.17, 15) is 13.6 Å². The number of rotatable bonds is 5. The van der Waals surface area contributed by atoms with Gasteiger partial charge in [0.2, 0.25) is 0 Å². The summed E-state index contributed by atoms with van der Waals surface area (Å²) in [5, 5.41) is 5.99. The van der Waals surface area contributed by atoms with Crippen LogP contribution < -0.4 is 10.6 Å². The minimum absolute atomic E-state index is 0.0791. The molecule has 2 rings (SSSR count). The quantitative estimate of drug-likeness (QED) is 0.875. The second kappa shape index (κ2) is 8.06. The SMILES string of the molecule is C=C(CNC(=O)N(C)CC1CCNCC1)c1cc(F)ccc1F. The van der Waals surface area contributed by atoms with Gasteiger partial charge in [-0.05, 0) is 55.6 Å². The molecular weight excluding hydrogens is 300 g/mol. The van der Waals surface area contributed by atoms with E-state index in [1.54, 1.807) is 11.9 Å². The van der Waals surface area contributed by atoms with E-state index in [4.69, 9.17) is 0 Å². The second-order valence-electron chi connectivity index (χ2n) is 5.96. The van der Waals surface area contributed by atoms with Crippen molar-refractivity contribution in [2.75, 3.05) is 33.2 Å². The molecule has 1 aliphatic heterocycles. The van der Waals surface area contributed by atoms with Crippen LogP contribution in [0.3, 0.4) is 0 Å². The standard InChI is InChI=1S/C17H23F2N3O/c1-12(15-9-14(18)3-4-16(15)19)10-21-17(23)22(2)11-13-5-7-20-8-6-13/h3-4,9,13,20H,1,5-8,10-11H2,2H3,(H,21,23). The second-order valence-corrected chi connectivity index (χ2v) is 5.96. The summed E-state index contributed by atoms with van der Waals surface area (Å²) in [7, 11) is 1.74. The fraction of sp³-hybridized carbons (Fsp3) is 0.471. The summed E-state index contributed by atoms with van der Waals surface area (Å²) in [4.78, 5) is 13.7. The molecule has 0 unspecified atom stereocenters. The summed E-state index contributed by atoms with van der Waals surface area (Å²) in [5.74, 6) is -0.582. The number of amides is 2. The highest BCUT2D eigenvalue weighted by Gasteiger charge is 2.18. The molecule has 0 bridgehead atoms. The maximum Gasteiger partial charge on any atom is 0.317 e. The van der Waals surface area contributed by atoms with E-state index < -0.39 is 11.6 Å². The number of urea groups is 1. The van der Waals surface area contributed by atoms with E-state index in [-0.39, 0.29) is 18.1 Å². The van der Waals surface area contributed by atoms with Crippen molar-refractivity contribution in [3.05, 3.63) is 42.0 Å². The van der Waals surface area contributed by atoms with Crippen LogP contribution >= 0.6 is 0 Å². The minimum atomic E-state index is -0.547. The van der Waals surface area contributed by atoms with Crippen LogP contribution in [0.2, 0.25) is 0 Å². The summed E-state index contributed by atoms with van der Waals surface area (Å²) >= 11 is 0. The molecule has 1 aromatic rings. The van der Waals surface area contributed by atoms with Gasteiger partial charge in [-0.1, -0.05) is 6.58 Å². The van der Waals surface area contributed by atoms with Crippen molar-refractivity contribution in [3.8, 4) is 0 Å². The third-order valence-electron chi connectivity index (χ3n) is 4.10. The van der Waals surface area contributed by atoms with Crippen molar-refractivity contribution >= 4 is 11.6 Å². The van der Waals surface area contributed by atoms with Gasteiger partial charge in [0.25, 0.3) is 0 Å². The highest BCUT2D eigenvalue weighted by molar-refractivity contribution is 5.77. The molecule has 1 heterocycles. The van der Waals surface area contributed by atoms with Crippen LogP contribution in [0.25, 0.3) is 5.57 Å². The van der Waals surface area contributed by atoms with E-state index in [2.05, 4.69) is 17.2 Å². The van der Waals surface area contributed by atoms with Gasteiger partial charge in [0.1, 0.15) is 11.6 Å². The van der Waals surface area contributed by atoms with Gasteiger partial charge in [-0.15, -0.1) is 0 Å². The predicted molar refractivity (Wildman–Crippen MR) is 87.0 cm³/mol. The largest absolute Gasteiger partial charge is 0.334 e. The van der Waals surface area contributed by atoms with Crippen molar-refractivity contribution in [2.24, 2.45) is 5.92 Å². The average Bonchev–Trinajstić information content (AvgIpc) is 2.55. The Morgan fingerprint density at radius 1 is 1.39 bits per heavy atom. The van der Waals surface area contributed by atoms with Gasteiger partial charge >= 0.3 is 6.03 Å². The van der Waals surface area contributed by atoms with Crippen LogP contribution in [0.1, 0.15) is 18.4 Å². The van der Waals surface area contributed by atoms with E-state index in [0.29, 0.717) is 18.0 Å². The van der Waals surface area contributed by atoms with Crippen LogP contribution in [-0.4, -0.2) is 44.2 Å². The number of benzene rings is 1. The lowest BCUT2D eigenvalue weighted by Gasteiger charge is -2.27. The molecule has 2 amide bonds. The van der Waals surface area contributed by atoms with Gasteiger partial charge in [0.15, 0.2) is 0 Å². The first-order valence-electron chi connectivity index (χ1n) is 7.80. The number of carbonyl (C=O) groups is 1. The normalized spacial score (nSPS) is 15.3. The molecule has 0 radical (unpaired) electrons. The summed E-state index contributed by atoms with van der Waals surface area (Å²) in [6.07, 6.45) is 2.11. The van der Waals surface area contributed by atoms with E-state index in [1.807, 2.05) is 0 Å². The Kier molecular flexibility index (Phi) is 6.10. The van der Waals surface area contributed by atoms with Gasteiger partial charge < -0.3 is 15.5 Å². The molecule has 1 aliphatic rings. The first kappa shape index (κ1) is 17.4. The van der Waals surface area contributed by atoms with Crippen LogP contribution in [-0.2, 0) is 0 Å². The molecule has 1 aromatic carbocycles. The minimum Gasteiger partial charge on any atom is -0.334 e. The predicted octanol–water partition coefficient (Wildman–Crippen LogP) is 2.62. The Balaban J connectivity index is 1.83. The van der Waals surface area contributed by atoms with Crippen molar-refractivity contribution in [1.82, 2.24) is 15.5 Å². The van der Waals surface area contributed by atoms with E-state index >= 15 is 0 Å². The number of piperidine rings is 1. The zero-order valence-electron chi connectivity index (χ0n) is 13.4. The summed E-state index contributed by atoms with van der Waals surface area (Å²) in [6.45, 7) is 6.46. The number of carbonyl (C=O) groups excluding carboxylic acids is 1. The smallest absolute Gasteiger partial charge is 0.317 e. The maximum atomic E-state index is 13.7. The fourth-order valence-corrected chi connectivity index (χ4v) is 2.72. The number of hydrogen-bond acceptors (Lipinski definition) is 2. The number of nitrogens with zero attached hydrogens (tertiary/aromatic N) is 1. The lowest BCUT2D eigenvalue weighted by Crippen LogP contribution is -2.42. The third-order valence-corrected chi connectivity index (χ3v) is 4.10. The molecule has 6 heteroatoms. The number of halogens is 2. The molecule has 0 aliphatic carbocycles. The first-order valence-corrected chi connectivity index (χ1v) is 7.80. The number of hydrogen-bond donors (Lipinski definition) is 2. The fourth-order valence-electron chi connectivity index (χ4n) is 2.72. The average molecular weight is 323 g/mol. The van der Waals surface area contributed by atoms with Crippen molar-refractivity contribution in [1.29, 1.82) is 0 Å².